The van der Waals surface area contributed by atoms with Crippen LogP contribution < -0.4 is 10.0 Å². The van der Waals surface area contributed by atoms with Crippen LogP contribution in [0.2, 0.25) is 5.02 Å². The van der Waals surface area contributed by atoms with Crippen molar-refractivity contribution in [1.29, 1.82) is 0 Å². The fourth-order valence-corrected chi connectivity index (χ4v) is 3.48. The fourth-order valence-electron chi connectivity index (χ4n) is 2.10. The first kappa shape index (κ1) is 19.9. The number of carbonyl (C=O) groups excluding carboxylic acids is 1. The van der Waals surface area contributed by atoms with Crippen molar-refractivity contribution in [2.24, 2.45) is 0 Å². The minimum Gasteiger partial charge on any atom is -0.465 e. The lowest BCUT2D eigenvalue weighted by Gasteiger charge is -2.15. The smallest absolute Gasteiger partial charge is 0.339 e. The number of benzene rings is 1. The van der Waals surface area contributed by atoms with E-state index in [2.05, 4.69) is 14.8 Å². The van der Waals surface area contributed by atoms with Crippen molar-refractivity contribution >= 4 is 40.0 Å². The van der Waals surface area contributed by atoms with E-state index in [4.69, 9.17) is 11.6 Å². The van der Waals surface area contributed by atoms with Gasteiger partial charge in [0.1, 0.15) is 0 Å². The third-order valence-electron chi connectivity index (χ3n) is 3.28. The molecule has 0 saturated carbocycles. The second kappa shape index (κ2) is 8.65. The van der Waals surface area contributed by atoms with Gasteiger partial charge in [0.15, 0.2) is 0 Å². The molecule has 1 aliphatic rings. The first-order valence-corrected chi connectivity index (χ1v) is 8.56. The van der Waals surface area contributed by atoms with Gasteiger partial charge in [-0.15, -0.1) is 12.4 Å². The van der Waals surface area contributed by atoms with Gasteiger partial charge in [0, 0.05) is 18.1 Å². The number of sulfonamides is 1. The zero-order valence-corrected chi connectivity index (χ0v) is 14.9. The molecule has 0 aliphatic carbocycles. The van der Waals surface area contributed by atoms with Crippen molar-refractivity contribution in [2.75, 3.05) is 26.7 Å². The van der Waals surface area contributed by atoms with Crippen molar-refractivity contribution in [3.8, 4) is 0 Å². The summed E-state index contributed by atoms with van der Waals surface area (Å²) in [7, 11) is -2.65. The molecular weight excluding hydrogens is 363 g/mol. The Labute approximate surface area is 146 Å². The zero-order chi connectivity index (χ0) is 16.2. The largest absolute Gasteiger partial charge is 0.465 e. The molecule has 0 amide bonds. The minimum absolute atomic E-state index is 0. The predicted molar refractivity (Wildman–Crippen MR) is 90.8 cm³/mol. The fraction of sp³-hybridized carbons (Fsp3) is 0.357. The summed E-state index contributed by atoms with van der Waals surface area (Å²) < 4.78 is 32.0. The van der Waals surface area contributed by atoms with Crippen LogP contribution in [0, 0.1) is 0 Å². The predicted octanol–water partition coefficient (Wildman–Crippen LogP) is 1.75. The average Bonchev–Trinajstić information content (AvgIpc) is 2.53. The van der Waals surface area contributed by atoms with Crippen molar-refractivity contribution in [3.63, 3.8) is 0 Å². The van der Waals surface area contributed by atoms with E-state index < -0.39 is 16.0 Å². The van der Waals surface area contributed by atoms with Crippen molar-refractivity contribution in [2.45, 2.75) is 11.3 Å². The number of hydrogen-bond acceptors (Lipinski definition) is 5. The van der Waals surface area contributed by atoms with Crippen LogP contribution >= 0.6 is 24.0 Å². The topological polar surface area (TPSA) is 84.5 Å². The molecule has 0 radical (unpaired) electrons. The Morgan fingerprint density at radius 3 is 2.78 bits per heavy atom. The summed E-state index contributed by atoms with van der Waals surface area (Å²) in [6.45, 7) is 1.76. The number of halogens is 2. The third-order valence-corrected chi connectivity index (χ3v) is 4.98. The van der Waals surface area contributed by atoms with Gasteiger partial charge in [-0.05, 0) is 31.2 Å². The summed E-state index contributed by atoms with van der Waals surface area (Å²) in [5, 5.41) is 3.42. The summed E-state index contributed by atoms with van der Waals surface area (Å²) >= 11 is 5.83. The molecule has 1 aliphatic heterocycles. The van der Waals surface area contributed by atoms with Gasteiger partial charge in [-0.25, -0.2) is 17.9 Å². The van der Waals surface area contributed by atoms with E-state index in [1.807, 2.05) is 6.08 Å². The van der Waals surface area contributed by atoms with Gasteiger partial charge in [-0.2, -0.15) is 0 Å². The van der Waals surface area contributed by atoms with Gasteiger partial charge in [0.2, 0.25) is 10.0 Å². The number of esters is 1. The molecule has 0 unspecified atom stereocenters. The number of rotatable bonds is 5. The van der Waals surface area contributed by atoms with E-state index in [-0.39, 0.29) is 34.4 Å². The third kappa shape index (κ3) is 5.19. The molecule has 1 aromatic rings. The molecular formula is C14H18Cl2N2O4S. The van der Waals surface area contributed by atoms with E-state index in [9.17, 15) is 13.2 Å². The lowest BCUT2D eigenvalue weighted by Crippen LogP contribution is -2.30. The molecule has 1 heterocycles. The van der Waals surface area contributed by atoms with Crippen LogP contribution in [0.5, 0.6) is 0 Å². The van der Waals surface area contributed by atoms with Gasteiger partial charge in [0.25, 0.3) is 0 Å². The molecule has 0 aromatic heterocycles. The van der Waals surface area contributed by atoms with Gasteiger partial charge in [0.05, 0.1) is 17.6 Å². The van der Waals surface area contributed by atoms with Gasteiger partial charge in [-0.3, -0.25) is 0 Å². The second-order valence-electron chi connectivity index (χ2n) is 4.77. The molecule has 9 heteroatoms. The summed E-state index contributed by atoms with van der Waals surface area (Å²) in [5.74, 6) is -0.746. The first-order chi connectivity index (χ1) is 10.4. The number of hydrogen-bond donors (Lipinski definition) is 2. The standard InChI is InChI=1S/C14H17ClN2O4S.ClH/c1-21-14(18)12-8-11(15)2-3-13(12)22(19,20)17-9-10-4-6-16-7-5-10;/h2-4,8,16-17H,5-7,9H2,1H3;1H. The van der Waals surface area contributed by atoms with E-state index in [1.54, 1.807) is 0 Å². The Morgan fingerprint density at radius 2 is 2.17 bits per heavy atom. The van der Waals surface area contributed by atoms with Crippen molar-refractivity contribution in [1.82, 2.24) is 10.0 Å². The first-order valence-electron chi connectivity index (χ1n) is 6.70. The summed E-state index contributed by atoms with van der Waals surface area (Å²) in [4.78, 5) is 11.6. The molecule has 0 bridgehead atoms. The maximum Gasteiger partial charge on any atom is 0.339 e. The Kier molecular flexibility index (Phi) is 7.50. The Balaban J connectivity index is 0.00000264. The molecule has 128 valence electrons. The summed E-state index contributed by atoms with van der Waals surface area (Å²) in [5.41, 5.74) is 0.928. The lowest BCUT2D eigenvalue weighted by atomic mass is 10.1. The highest BCUT2D eigenvalue weighted by Crippen LogP contribution is 2.21. The summed E-state index contributed by atoms with van der Waals surface area (Å²) in [6.07, 6.45) is 2.74. The molecule has 0 atom stereocenters. The normalized spacial score (nSPS) is 14.6. The zero-order valence-electron chi connectivity index (χ0n) is 12.5. The number of carbonyl (C=O) groups is 1. The second-order valence-corrected chi connectivity index (χ2v) is 6.94. The van der Waals surface area contributed by atoms with Crippen LogP contribution in [0.15, 0.2) is 34.7 Å². The van der Waals surface area contributed by atoms with Crippen LogP contribution in [0.4, 0.5) is 0 Å². The quantitative estimate of drug-likeness (QED) is 0.600. The molecule has 6 nitrogen and oxygen atoms in total. The molecule has 0 spiro atoms. The highest BCUT2D eigenvalue weighted by atomic mass is 35.5. The van der Waals surface area contributed by atoms with E-state index in [0.29, 0.717) is 0 Å². The van der Waals surface area contributed by atoms with Crippen LogP contribution in [-0.2, 0) is 14.8 Å². The van der Waals surface area contributed by atoms with E-state index >= 15 is 0 Å². The molecule has 23 heavy (non-hydrogen) atoms. The van der Waals surface area contributed by atoms with Crippen molar-refractivity contribution in [3.05, 3.63) is 40.4 Å². The average molecular weight is 381 g/mol. The van der Waals surface area contributed by atoms with Crippen LogP contribution in [0.25, 0.3) is 0 Å². The highest BCUT2D eigenvalue weighted by molar-refractivity contribution is 7.89. The number of nitrogens with one attached hydrogen (secondary N) is 2. The Hall–Kier alpha value is -1.12. The van der Waals surface area contributed by atoms with Crippen LogP contribution in [0.1, 0.15) is 16.8 Å². The molecule has 2 N–H and O–H groups in total. The lowest BCUT2D eigenvalue weighted by molar-refractivity contribution is 0.0596. The molecule has 2 rings (SSSR count). The molecule has 0 fully saturated rings. The number of ether oxygens (including phenoxy) is 1. The molecule has 1 aromatic carbocycles. The van der Waals surface area contributed by atoms with Crippen LogP contribution in [-0.4, -0.2) is 41.1 Å². The Morgan fingerprint density at radius 1 is 1.43 bits per heavy atom. The van der Waals surface area contributed by atoms with Crippen molar-refractivity contribution < 1.29 is 17.9 Å². The van der Waals surface area contributed by atoms with Gasteiger partial charge in [-0.1, -0.05) is 23.3 Å². The van der Waals surface area contributed by atoms with E-state index in [1.165, 1.54) is 25.3 Å². The maximum absolute atomic E-state index is 12.4. The molecule has 0 saturated heterocycles. The SMILES string of the molecule is COC(=O)c1cc(Cl)ccc1S(=O)(=O)NCC1=CCNCC1.Cl. The van der Waals surface area contributed by atoms with Gasteiger partial charge >= 0.3 is 5.97 Å². The number of methoxy groups -OCH3 is 1. The highest BCUT2D eigenvalue weighted by Gasteiger charge is 2.23. The monoisotopic (exact) mass is 380 g/mol. The summed E-state index contributed by atoms with van der Waals surface area (Å²) in [6, 6.07) is 4.01. The van der Waals surface area contributed by atoms with Gasteiger partial charge < -0.3 is 10.1 Å². The Bertz CT molecular complexity index is 705. The maximum atomic E-state index is 12.4. The minimum atomic E-state index is -3.83. The van der Waals surface area contributed by atoms with E-state index in [0.717, 1.165) is 25.1 Å². The van der Waals surface area contributed by atoms with Crippen LogP contribution in [0.3, 0.4) is 0 Å².